The van der Waals surface area contributed by atoms with Crippen molar-refractivity contribution >= 4 is 5.95 Å². The fraction of sp³-hybridized carbons (Fsp3) is 0.550. The van der Waals surface area contributed by atoms with E-state index in [9.17, 15) is 0 Å². The third kappa shape index (κ3) is 4.86. The Hall–Kier alpha value is -2.41. The van der Waals surface area contributed by atoms with Gasteiger partial charge in [-0.25, -0.2) is 4.98 Å². The maximum Gasteiger partial charge on any atom is 0.245 e. The molecular formula is C20H28N4O3. The molecule has 0 N–H and O–H groups in total. The average molecular weight is 372 g/mol. The van der Waals surface area contributed by atoms with E-state index in [0.29, 0.717) is 11.7 Å². The number of hydrogen-bond acceptors (Lipinski definition) is 7. The van der Waals surface area contributed by atoms with E-state index in [0.717, 1.165) is 61.9 Å². The van der Waals surface area contributed by atoms with Crippen molar-refractivity contribution in [3.63, 3.8) is 0 Å². The molecule has 0 amide bonds. The van der Waals surface area contributed by atoms with Gasteiger partial charge in [-0.1, -0.05) is 0 Å². The van der Waals surface area contributed by atoms with Crippen molar-refractivity contribution in [3.8, 4) is 22.8 Å². The third-order valence-electron chi connectivity index (χ3n) is 5.09. The SMILES string of the molecule is COCCCC1CCN(c2nncc(-c3ccc(OC)cc3OC)n2)CC1. The van der Waals surface area contributed by atoms with E-state index in [1.807, 2.05) is 18.2 Å². The average Bonchev–Trinajstić information content (AvgIpc) is 2.74. The van der Waals surface area contributed by atoms with E-state index in [4.69, 9.17) is 19.2 Å². The molecular weight excluding hydrogens is 344 g/mol. The summed E-state index contributed by atoms with van der Waals surface area (Å²) in [7, 11) is 5.04. The Balaban J connectivity index is 1.70. The van der Waals surface area contributed by atoms with Crippen LogP contribution in [0.15, 0.2) is 24.4 Å². The van der Waals surface area contributed by atoms with Crippen molar-refractivity contribution in [2.75, 3.05) is 45.9 Å². The highest BCUT2D eigenvalue weighted by molar-refractivity contribution is 5.68. The van der Waals surface area contributed by atoms with Crippen LogP contribution in [0.25, 0.3) is 11.3 Å². The Morgan fingerprint density at radius 3 is 2.63 bits per heavy atom. The van der Waals surface area contributed by atoms with Gasteiger partial charge in [-0.15, -0.1) is 5.10 Å². The molecule has 2 heterocycles. The number of piperidine rings is 1. The van der Waals surface area contributed by atoms with Gasteiger partial charge in [-0.2, -0.15) is 5.10 Å². The highest BCUT2D eigenvalue weighted by atomic mass is 16.5. The summed E-state index contributed by atoms with van der Waals surface area (Å²) < 4.78 is 15.9. The van der Waals surface area contributed by atoms with Crippen LogP contribution in [-0.2, 0) is 4.74 Å². The van der Waals surface area contributed by atoms with Gasteiger partial charge in [0.25, 0.3) is 0 Å². The molecule has 27 heavy (non-hydrogen) atoms. The Morgan fingerprint density at radius 1 is 1.11 bits per heavy atom. The number of anilines is 1. The Kier molecular flexibility index (Phi) is 6.81. The predicted molar refractivity (Wildman–Crippen MR) is 104 cm³/mol. The van der Waals surface area contributed by atoms with Gasteiger partial charge in [-0.05, 0) is 43.7 Å². The topological polar surface area (TPSA) is 69.6 Å². The molecule has 7 heteroatoms. The summed E-state index contributed by atoms with van der Waals surface area (Å²) in [6.45, 7) is 2.77. The van der Waals surface area contributed by atoms with Crippen molar-refractivity contribution in [1.29, 1.82) is 0 Å². The second-order valence-corrected chi connectivity index (χ2v) is 6.77. The van der Waals surface area contributed by atoms with Crippen molar-refractivity contribution in [2.45, 2.75) is 25.7 Å². The van der Waals surface area contributed by atoms with E-state index in [1.54, 1.807) is 27.5 Å². The highest BCUT2D eigenvalue weighted by Crippen LogP contribution is 2.32. The molecule has 1 aromatic heterocycles. The first-order valence-corrected chi connectivity index (χ1v) is 9.41. The molecule has 1 saturated heterocycles. The summed E-state index contributed by atoms with van der Waals surface area (Å²) in [6.07, 6.45) is 6.34. The van der Waals surface area contributed by atoms with Crippen LogP contribution in [0.5, 0.6) is 11.5 Å². The number of methoxy groups -OCH3 is 3. The van der Waals surface area contributed by atoms with Crippen LogP contribution in [0, 0.1) is 5.92 Å². The molecule has 7 nitrogen and oxygen atoms in total. The van der Waals surface area contributed by atoms with Gasteiger partial charge >= 0.3 is 0 Å². The fourth-order valence-corrected chi connectivity index (χ4v) is 3.51. The first-order valence-electron chi connectivity index (χ1n) is 9.41. The molecule has 1 aromatic carbocycles. The van der Waals surface area contributed by atoms with Gasteiger partial charge in [-0.3, -0.25) is 0 Å². The van der Waals surface area contributed by atoms with Gasteiger partial charge < -0.3 is 19.1 Å². The number of benzene rings is 1. The number of hydrogen-bond donors (Lipinski definition) is 0. The minimum Gasteiger partial charge on any atom is -0.497 e. The van der Waals surface area contributed by atoms with E-state index in [-0.39, 0.29) is 0 Å². The molecule has 2 aromatic rings. The van der Waals surface area contributed by atoms with Gasteiger partial charge in [0.05, 0.1) is 26.1 Å². The number of aromatic nitrogens is 3. The molecule has 0 atom stereocenters. The standard InChI is InChI=1S/C20H28N4O3/c1-25-12-4-5-15-8-10-24(11-9-15)20-22-18(14-21-23-20)17-7-6-16(26-2)13-19(17)27-3/h6-7,13-15H,4-5,8-12H2,1-3H3. The smallest absolute Gasteiger partial charge is 0.245 e. The van der Waals surface area contributed by atoms with Crippen LogP contribution in [0.4, 0.5) is 5.95 Å². The van der Waals surface area contributed by atoms with Gasteiger partial charge in [0.2, 0.25) is 5.95 Å². The summed E-state index contributed by atoms with van der Waals surface area (Å²) in [6, 6.07) is 5.68. The van der Waals surface area contributed by atoms with E-state index >= 15 is 0 Å². The molecule has 0 saturated carbocycles. The van der Waals surface area contributed by atoms with Crippen molar-refractivity contribution < 1.29 is 14.2 Å². The summed E-state index contributed by atoms with van der Waals surface area (Å²) in [5.41, 5.74) is 1.63. The Labute approximate surface area is 160 Å². The number of ether oxygens (including phenoxy) is 3. The molecule has 1 aliphatic heterocycles. The normalized spacial score (nSPS) is 15.0. The molecule has 146 valence electrons. The van der Waals surface area contributed by atoms with E-state index < -0.39 is 0 Å². The first-order chi connectivity index (χ1) is 13.2. The lowest BCUT2D eigenvalue weighted by atomic mass is 9.92. The summed E-state index contributed by atoms with van der Waals surface area (Å²) in [5.74, 6) is 2.89. The van der Waals surface area contributed by atoms with Crippen molar-refractivity contribution in [2.24, 2.45) is 5.92 Å². The Bertz CT molecular complexity index is 733. The van der Waals surface area contributed by atoms with E-state index in [1.165, 1.54) is 6.42 Å². The van der Waals surface area contributed by atoms with Crippen LogP contribution < -0.4 is 14.4 Å². The minimum absolute atomic E-state index is 0.681. The zero-order valence-corrected chi connectivity index (χ0v) is 16.4. The second-order valence-electron chi connectivity index (χ2n) is 6.77. The zero-order chi connectivity index (χ0) is 19.1. The van der Waals surface area contributed by atoms with E-state index in [2.05, 4.69) is 15.1 Å². The van der Waals surface area contributed by atoms with Crippen LogP contribution in [-0.4, -0.2) is 56.2 Å². The zero-order valence-electron chi connectivity index (χ0n) is 16.4. The van der Waals surface area contributed by atoms with Crippen molar-refractivity contribution in [1.82, 2.24) is 15.2 Å². The summed E-state index contributed by atoms with van der Waals surface area (Å²) >= 11 is 0. The predicted octanol–water partition coefficient (Wildman–Crippen LogP) is 3.20. The molecule has 0 bridgehead atoms. The van der Waals surface area contributed by atoms with Crippen LogP contribution >= 0.6 is 0 Å². The lowest BCUT2D eigenvalue weighted by Gasteiger charge is -2.31. The van der Waals surface area contributed by atoms with Crippen molar-refractivity contribution in [3.05, 3.63) is 24.4 Å². The number of rotatable bonds is 8. The fourth-order valence-electron chi connectivity index (χ4n) is 3.51. The molecule has 0 unspecified atom stereocenters. The van der Waals surface area contributed by atoms with Crippen LogP contribution in [0.2, 0.25) is 0 Å². The molecule has 0 spiro atoms. The van der Waals surface area contributed by atoms with Gasteiger partial charge in [0.15, 0.2) is 0 Å². The maximum absolute atomic E-state index is 5.50. The lowest BCUT2D eigenvalue weighted by molar-refractivity contribution is 0.183. The first kappa shape index (κ1) is 19.4. The molecule has 1 aliphatic rings. The molecule has 0 radical (unpaired) electrons. The Morgan fingerprint density at radius 2 is 1.93 bits per heavy atom. The van der Waals surface area contributed by atoms with Crippen LogP contribution in [0.1, 0.15) is 25.7 Å². The lowest BCUT2D eigenvalue weighted by Crippen LogP contribution is -2.35. The molecule has 3 rings (SSSR count). The van der Waals surface area contributed by atoms with Crippen LogP contribution in [0.3, 0.4) is 0 Å². The third-order valence-corrected chi connectivity index (χ3v) is 5.09. The summed E-state index contributed by atoms with van der Waals surface area (Å²) in [5, 5.41) is 8.43. The quantitative estimate of drug-likeness (QED) is 0.659. The maximum atomic E-state index is 5.50. The monoisotopic (exact) mass is 372 g/mol. The van der Waals surface area contributed by atoms with Gasteiger partial charge in [0.1, 0.15) is 11.5 Å². The molecule has 1 fully saturated rings. The number of nitrogens with zero attached hydrogens (tertiary/aromatic N) is 4. The molecule has 0 aliphatic carbocycles. The largest absolute Gasteiger partial charge is 0.497 e. The highest BCUT2D eigenvalue weighted by Gasteiger charge is 2.21. The van der Waals surface area contributed by atoms with Gasteiger partial charge in [0, 0.05) is 38.4 Å². The summed E-state index contributed by atoms with van der Waals surface area (Å²) in [4.78, 5) is 6.96. The minimum atomic E-state index is 0.681. The second kappa shape index (κ2) is 9.50.